The summed E-state index contributed by atoms with van der Waals surface area (Å²) in [6, 6.07) is 2.23. The Bertz CT molecular complexity index is 956. The van der Waals surface area contributed by atoms with Gasteiger partial charge in [0.2, 0.25) is 5.91 Å². The molecule has 1 saturated heterocycles. The van der Waals surface area contributed by atoms with Gasteiger partial charge in [-0.3, -0.25) is 14.5 Å². The van der Waals surface area contributed by atoms with Crippen molar-refractivity contribution in [1.82, 2.24) is 14.8 Å². The molecule has 1 fully saturated rings. The molecule has 1 aromatic rings. The second kappa shape index (κ2) is 9.02. The van der Waals surface area contributed by atoms with Crippen molar-refractivity contribution in [2.24, 2.45) is 11.8 Å². The molecule has 6 nitrogen and oxygen atoms in total. The highest BCUT2D eigenvalue weighted by molar-refractivity contribution is 5.82. The minimum absolute atomic E-state index is 0.135. The average Bonchev–Trinajstić information content (AvgIpc) is 3.45. The van der Waals surface area contributed by atoms with Crippen LogP contribution in [0.1, 0.15) is 56.3 Å². The number of aliphatic hydroxyl groups excluding tert-OH is 1. The fraction of sp³-hybridized carbons (Fsp3) is 0.652. The monoisotopic (exact) mass is 453 g/mol. The summed E-state index contributed by atoms with van der Waals surface area (Å²) in [5.74, 6) is -1.20. The molecule has 4 rings (SSSR count). The number of rotatable bonds is 7. The first-order valence-corrected chi connectivity index (χ1v) is 11.4. The van der Waals surface area contributed by atoms with E-state index < -0.39 is 30.6 Å². The Hall–Kier alpha value is -2.13. The smallest absolute Gasteiger partial charge is 0.390 e. The van der Waals surface area contributed by atoms with E-state index in [4.69, 9.17) is 0 Å². The number of pyridine rings is 1. The van der Waals surface area contributed by atoms with Gasteiger partial charge in [-0.15, -0.1) is 0 Å². The van der Waals surface area contributed by atoms with E-state index in [1.807, 2.05) is 13.0 Å². The molecule has 2 N–H and O–H groups in total. The highest BCUT2D eigenvalue weighted by atomic mass is 19.4. The maximum absolute atomic E-state index is 13.2. The number of hydrogen-bond acceptors (Lipinski definition) is 4. The number of carbonyl (C=O) groups excluding carboxylic acids is 1. The number of aliphatic hydroxyl groups is 1. The van der Waals surface area contributed by atoms with Crippen LogP contribution in [-0.4, -0.2) is 52.4 Å². The second-order valence-electron chi connectivity index (χ2n) is 9.00. The van der Waals surface area contributed by atoms with Crippen molar-refractivity contribution in [3.05, 3.63) is 39.8 Å². The number of nitrogens with zero attached hydrogens (tertiary/aromatic N) is 2. The predicted molar refractivity (Wildman–Crippen MR) is 114 cm³/mol. The minimum Gasteiger partial charge on any atom is -0.396 e. The Morgan fingerprint density at radius 1 is 1.31 bits per heavy atom. The lowest BCUT2D eigenvalue weighted by molar-refractivity contribution is -0.143. The molecule has 0 bridgehead atoms. The van der Waals surface area contributed by atoms with Crippen LogP contribution in [0.15, 0.2) is 23.0 Å². The van der Waals surface area contributed by atoms with Gasteiger partial charge in [0.15, 0.2) is 0 Å². The zero-order valence-electron chi connectivity index (χ0n) is 18.2. The van der Waals surface area contributed by atoms with Gasteiger partial charge in [-0.1, -0.05) is 13.0 Å². The summed E-state index contributed by atoms with van der Waals surface area (Å²) in [6.07, 6.45) is 0.143. The summed E-state index contributed by atoms with van der Waals surface area (Å²) >= 11 is 0. The number of aromatic nitrogens is 1. The van der Waals surface area contributed by atoms with Gasteiger partial charge in [0, 0.05) is 49.3 Å². The lowest BCUT2D eigenvalue weighted by Gasteiger charge is -2.31. The van der Waals surface area contributed by atoms with E-state index in [9.17, 15) is 27.9 Å². The Morgan fingerprint density at radius 2 is 2.09 bits per heavy atom. The number of carbonyl (C=O) groups is 1. The first-order valence-electron chi connectivity index (χ1n) is 11.4. The number of allylic oxidation sites excluding steroid dienone is 2. The first-order chi connectivity index (χ1) is 15.3. The normalized spacial score (nSPS) is 27.3. The van der Waals surface area contributed by atoms with E-state index in [1.54, 1.807) is 15.5 Å². The summed E-state index contributed by atoms with van der Waals surface area (Å²) in [5, 5.41) is 12.9. The standard InChI is InChI=1S/C23H30F3N3O3/c1-2-10-27-21(31)20-17(13-30)16-12-29-18(19(16)28(20)11-9-23(24,25)26)8-7-15(22(29)32)14-5-3-4-6-14/h5,7-8,16-17,19-20,30H,2-4,6,9-13H2,1H3,(H,27,31)/t16-,17-,19+,20-/m1/s1. The Labute approximate surface area is 185 Å². The van der Waals surface area contributed by atoms with Crippen LogP contribution < -0.4 is 10.9 Å². The molecule has 3 heterocycles. The molecular formula is C23H30F3N3O3. The summed E-state index contributed by atoms with van der Waals surface area (Å²) in [5.41, 5.74) is 2.16. The van der Waals surface area contributed by atoms with Gasteiger partial charge < -0.3 is 15.0 Å². The van der Waals surface area contributed by atoms with Gasteiger partial charge in [0.1, 0.15) is 0 Å². The van der Waals surface area contributed by atoms with Crippen LogP contribution in [0.3, 0.4) is 0 Å². The van der Waals surface area contributed by atoms with Crippen LogP contribution in [0.4, 0.5) is 13.2 Å². The topological polar surface area (TPSA) is 74.6 Å². The maximum Gasteiger partial charge on any atom is 0.390 e. The van der Waals surface area contributed by atoms with E-state index in [2.05, 4.69) is 11.4 Å². The number of likely N-dealkylation sites (tertiary alicyclic amines) is 1. The van der Waals surface area contributed by atoms with Gasteiger partial charge in [-0.05, 0) is 43.4 Å². The molecule has 0 saturated carbocycles. The molecule has 9 heteroatoms. The van der Waals surface area contributed by atoms with Gasteiger partial charge in [-0.25, -0.2) is 0 Å². The Balaban J connectivity index is 1.72. The average molecular weight is 454 g/mol. The number of fused-ring (bicyclic) bond motifs is 3. The van der Waals surface area contributed by atoms with Crippen molar-refractivity contribution in [3.63, 3.8) is 0 Å². The Kier molecular flexibility index (Phi) is 6.49. The van der Waals surface area contributed by atoms with Gasteiger partial charge in [0.25, 0.3) is 5.56 Å². The van der Waals surface area contributed by atoms with Crippen LogP contribution >= 0.6 is 0 Å². The van der Waals surface area contributed by atoms with E-state index >= 15 is 0 Å². The molecule has 1 amide bonds. The fourth-order valence-corrected chi connectivity index (χ4v) is 5.63. The molecule has 4 atom stereocenters. The molecule has 1 aliphatic carbocycles. The van der Waals surface area contributed by atoms with Gasteiger partial charge in [-0.2, -0.15) is 13.2 Å². The summed E-state index contributed by atoms with van der Waals surface area (Å²) in [4.78, 5) is 27.7. The lowest BCUT2D eigenvalue weighted by atomic mass is 9.88. The van der Waals surface area contributed by atoms with Crippen LogP contribution in [0.25, 0.3) is 5.57 Å². The van der Waals surface area contributed by atoms with Crippen LogP contribution in [0.5, 0.6) is 0 Å². The van der Waals surface area contributed by atoms with Crippen LogP contribution in [0.2, 0.25) is 0 Å². The molecule has 0 unspecified atom stereocenters. The molecule has 0 aromatic carbocycles. The third-order valence-electron chi connectivity index (χ3n) is 7.05. The van der Waals surface area contributed by atoms with Crippen molar-refractivity contribution in [3.8, 4) is 0 Å². The van der Waals surface area contributed by atoms with Crippen LogP contribution in [0, 0.1) is 11.8 Å². The SMILES string of the molecule is CCCNC(=O)[C@H]1[C@H](CO)[C@H]2Cn3c(ccc(C4=CCCC4)c3=O)[C@H]2N1CCC(F)(F)F. The zero-order valence-corrected chi connectivity index (χ0v) is 18.2. The highest BCUT2D eigenvalue weighted by Gasteiger charge is 2.55. The highest BCUT2D eigenvalue weighted by Crippen LogP contribution is 2.49. The molecule has 0 spiro atoms. The molecule has 176 valence electrons. The zero-order chi connectivity index (χ0) is 23.0. The minimum atomic E-state index is -4.37. The molecule has 0 radical (unpaired) electrons. The first kappa shape index (κ1) is 23.0. The Morgan fingerprint density at radius 3 is 2.72 bits per heavy atom. The van der Waals surface area contributed by atoms with Crippen LogP contribution in [-0.2, 0) is 11.3 Å². The number of amides is 1. The molecular weight excluding hydrogens is 423 g/mol. The fourth-order valence-electron chi connectivity index (χ4n) is 5.63. The van der Waals surface area contributed by atoms with E-state index in [-0.39, 0.29) is 30.5 Å². The quantitative estimate of drug-likeness (QED) is 0.666. The van der Waals surface area contributed by atoms with Crippen molar-refractivity contribution in [2.45, 2.75) is 63.8 Å². The molecule has 3 aliphatic rings. The van der Waals surface area contributed by atoms with Gasteiger partial charge >= 0.3 is 6.18 Å². The number of alkyl halides is 3. The number of halogens is 3. The van der Waals surface area contributed by atoms with Crippen molar-refractivity contribution in [2.75, 3.05) is 19.7 Å². The van der Waals surface area contributed by atoms with Crippen molar-refractivity contribution in [1.29, 1.82) is 0 Å². The number of hydrogen-bond donors (Lipinski definition) is 2. The summed E-state index contributed by atoms with van der Waals surface area (Å²) in [7, 11) is 0. The summed E-state index contributed by atoms with van der Waals surface area (Å²) in [6.45, 7) is 1.94. The van der Waals surface area contributed by atoms with Crippen molar-refractivity contribution >= 4 is 11.5 Å². The molecule has 2 aliphatic heterocycles. The summed E-state index contributed by atoms with van der Waals surface area (Å²) < 4.78 is 41.0. The third kappa shape index (κ3) is 4.12. The third-order valence-corrected chi connectivity index (χ3v) is 7.05. The van der Waals surface area contributed by atoms with Gasteiger partial charge in [0.05, 0.1) is 18.5 Å². The molecule has 32 heavy (non-hydrogen) atoms. The van der Waals surface area contributed by atoms with E-state index in [0.717, 1.165) is 24.8 Å². The largest absolute Gasteiger partial charge is 0.396 e. The maximum atomic E-state index is 13.2. The second-order valence-corrected chi connectivity index (χ2v) is 9.00. The van der Waals surface area contributed by atoms with E-state index in [0.29, 0.717) is 30.8 Å². The molecule has 1 aromatic heterocycles. The van der Waals surface area contributed by atoms with Crippen molar-refractivity contribution < 1.29 is 23.1 Å². The van der Waals surface area contributed by atoms with E-state index in [1.165, 1.54) is 0 Å². The predicted octanol–water partition coefficient (Wildman–Crippen LogP) is 2.86. The number of nitrogens with one attached hydrogen (secondary N) is 1. The lowest BCUT2D eigenvalue weighted by Crippen LogP contribution is -2.49.